The van der Waals surface area contributed by atoms with E-state index in [0.29, 0.717) is 18.2 Å². The number of phenols is 1. The molecule has 4 unspecified atom stereocenters. The van der Waals surface area contributed by atoms with Gasteiger partial charge in [-0.15, -0.1) is 0 Å². The Balaban J connectivity index is 0.000000647. The molecular weight excluding hydrogens is 1460 g/mol. The number of alkyl halides is 36. The average molecular weight is 1500 g/mol. The summed E-state index contributed by atoms with van der Waals surface area (Å²) in [5, 5.41) is 94.2. The lowest BCUT2D eigenvalue weighted by atomic mass is 9.86. The minimum atomic E-state index is -6.48. The number of benzene rings is 4. The van der Waals surface area contributed by atoms with Gasteiger partial charge in [0.05, 0.1) is 4.92 Å². The van der Waals surface area contributed by atoms with Crippen LogP contribution in [-0.2, 0) is 44.8 Å². The lowest BCUT2D eigenvalue weighted by Gasteiger charge is -2.34. The van der Waals surface area contributed by atoms with E-state index in [1.54, 1.807) is 0 Å². The summed E-state index contributed by atoms with van der Waals surface area (Å²) >= 11 is 0. The van der Waals surface area contributed by atoms with Gasteiger partial charge < -0.3 is 51.7 Å². The molecule has 0 saturated heterocycles. The first-order chi connectivity index (χ1) is 41.9. The number of anilines is 1. The Morgan fingerprint density at radius 2 is 0.474 bits per heavy atom. The van der Waals surface area contributed by atoms with E-state index in [4.69, 9.17) is 15.9 Å². The summed E-state index contributed by atoms with van der Waals surface area (Å²) in [4.78, 5) is 9.13. The quantitative estimate of drug-likeness (QED) is 0.0325. The van der Waals surface area contributed by atoms with Gasteiger partial charge in [-0.25, -0.2) is 0 Å². The van der Waals surface area contributed by atoms with Gasteiger partial charge in [-0.2, -0.15) is 158 Å². The number of phenolic OH excluding ortho intramolecular Hbond substituents is 1. The molecule has 0 radical (unpaired) electrons. The smallest absolute Gasteiger partial charge is 0.430 e. The maximum Gasteiger partial charge on any atom is 0.430 e. The fourth-order valence-electron chi connectivity index (χ4n) is 7.10. The molecule has 0 spiro atoms. The molecule has 0 bridgehead atoms. The fourth-order valence-corrected chi connectivity index (χ4v) is 7.10. The lowest BCUT2D eigenvalue weighted by molar-refractivity contribution is -0.387. The lowest BCUT2D eigenvalue weighted by Crippen LogP contribution is -2.54. The number of hydrogen-bond acceptors (Lipinski definition) is 12. The third-order valence-electron chi connectivity index (χ3n) is 13.3. The molecule has 0 aliphatic carbocycles. The number of nitrogens with two attached hydrogens (primary N) is 1. The van der Waals surface area contributed by atoms with Crippen molar-refractivity contribution in [3.8, 4) is 5.75 Å². The molecule has 4 aromatic carbocycles. The van der Waals surface area contributed by atoms with E-state index in [-0.39, 0.29) is 82.3 Å². The third-order valence-corrected chi connectivity index (χ3v) is 13.3. The summed E-state index contributed by atoms with van der Waals surface area (Å²) in [5.41, 5.74) is -49.2. The van der Waals surface area contributed by atoms with E-state index in [2.05, 4.69) is 0 Å². The monoisotopic (exact) mass is 1500 g/mol. The van der Waals surface area contributed by atoms with Crippen LogP contribution in [0, 0.1) is 10.1 Å². The first kappa shape index (κ1) is 88.1. The molecule has 0 aliphatic rings. The van der Waals surface area contributed by atoms with Crippen LogP contribution in [0.3, 0.4) is 0 Å². The number of nitrogen functional groups attached to an aromatic ring is 1. The number of rotatable bonds is 9. The highest BCUT2D eigenvalue weighted by Gasteiger charge is 2.75. The molecule has 556 valence electrons. The second-order valence-corrected chi connectivity index (χ2v) is 20.3. The molecule has 4 rings (SSSR count). The first-order valence-corrected chi connectivity index (χ1v) is 23.7. The van der Waals surface area contributed by atoms with Gasteiger partial charge in [-0.1, -0.05) is 18.2 Å². The number of hydrogen-bond donors (Lipinski definition) is 10. The van der Waals surface area contributed by atoms with Crippen LogP contribution in [0.5, 0.6) is 5.75 Å². The van der Waals surface area contributed by atoms with Crippen molar-refractivity contribution in [3.05, 3.63) is 133 Å². The van der Waals surface area contributed by atoms with Gasteiger partial charge in [-0.3, -0.25) is 10.1 Å². The number of nitrogens with zero attached hydrogens (tertiary/aromatic N) is 1. The van der Waals surface area contributed by atoms with Gasteiger partial charge in [0.1, 0.15) is 5.75 Å². The van der Waals surface area contributed by atoms with Crippen molar-refractivity contribution in [2.45, 2.75) is 147 Å². The van der Waals surface area contributed by atoms with Gasteiger partial charge in [0.15, 0.2) is 22.4 Å². The van der Waals surface area contributed by atoms with E-state index >= 15 is 0 Å². The zero-order valence-corrected chi connectivity index (χ0v) is 46.5. The fraction of sp³-hybridized carbons (Fsp3) is 0.500. The highest BCUT2D eigenvalue weighted by atomic mass is 19.5. The molecule has 4 aromatic rings. The predicted octanol–water partition coefficient (Wildman–Crippen LogP) is 14.3. The molecular formula is C48H36F36N2O11. The molecule has 0 aliphatic heterocycles. The molecule has 0 amide bonds. The zero-order valence-electron chi connectivity index (χ0n) is 46.5. The van der Waals surface area contributed by atoms with E-state index in [9.17, 15) is 204 Å². The summed E-state index contributed by atoms with van der Waals surface area (Å²) in [5.74, 6) is -1.45. The maximum absolute atomic E-state index is 12.9. The van der Waals surface area contributed by atoms with Crippen LogP contribution >= 0.6 is 0 Å². The Hall–Kier alpha value is -6.96. The Labute approximate surface area is 511 Å². The Bertz CT molecular complexity index is 3230. The van der Waals surface area contributed by atoms with Gasteiger partial charge in [0.25, 0.3) is 28.1 Å². The van der Waals surface area contributed by atoms with E-state index in [1.165, 1.54) is 0 Å². The largest absolute Gasteiger partial charge is 0.508 e. The minimum absolute atomic E-state index is 0.0247. The average Bonchev–Trinajstić information content (AvgIpc) is 0.752. The van der Waals surface area contributed by atoms with Crippen LogP contribution in [0.25, 0.3) is 0 Å². The second-order valence-electron chi connectivity index (χ2n) is 20.3. The SMILES string of the molecule is CC(O)(c1cc(N)cc(C(O)(C(F)(F)F)C(F)(F)F)c1)C(F)(F)F.CC(O)(c1cc(O)cc(C(O)(C(F)(F)F)C(F)(F)F)c1)C(F)(F)F.CC(O)(c1cc([N+](=O)[O-])cc(C(O)(C(F)(F)F)C(F)(F)F)c1)C(F)(F)F.CC(O)(c1cccc(C(O)(C(F)(F)F)C(F)(F)F)c1)C(F)(F)F. The number of aromatic hydroxyl groups is 1. The van der Waals surface area contributed by atoms with Crippen LogP contribution < -0.4 is 5.73 Å². The highest BCUT2D eigenvalue weighted by molar-refractivity contribution is 5.50. The second kappa shape index (κ2) is 26.3. The molecule has 0 aromatic heterocycles. The minimum Gasteiger partial charge on any atom is -0.508 e. The molecule has 4 atom stereocenters. The number of halogens is 36. The third kappa shape index (κ3) is 17.0. The van der Waals surface area contributed by atoms with Crippen LogP contribution in [0.1, 0.15) is 72.2 Å². The van der Waals surface area contributed by atoms with Gasteiger partial charge >= 0.3 is 74.1 Å². The Kier molecular flexibility index (Phi) is 23.9. The summed E-state index contributed by atoms with van der Waals surface area (Å²) in [6, 6.07) is -0.230. The van der Waals surface area contributed by atoms with Crippen molar-refractivity contribution in [2.24, 2.45) is 0 Å². The normalized spacial score (nSPS) is 16.7. The first-order valence-electron chi connectivity index (χ1n) is 23.7. The molecule has 0 saturated carbocycles. The van der Waals surface area contributed by atoms with Crippen LogP contribution in [-0.4, -0.2) is 125 Å². The van der Waals surface area contributed by atoms with Crippen molar-refractivity contribution >= 4 is 11.4 Å². The highest BCUT2D eigenvalue weighted by Crippen LogP contribution is 2.57. The van der Waals surface area contributed by atoms with E-state index < -0.39 is 192 Å². The van der Waals surface area contributed by atoms with Crippen LogP contribution in [0.15, 0.2) is 78.9 Å². The van der Waals surface area contributed by atoms with E-state index in [0.717, 1.165) is 0 Å². The standard InChI is InChI=1S/C12H8F9NO4.C12H10F9NO2.C12H9F9O3.C12H9F9O2/c1-8(23,10(13,14)15)5-2-6(4-7(3-5)22(25)26)9(24,11(16,17)18)12(19,20)21;2*1-8(23,10(13,14)15)5-2-6(4-7(22)3-5)9(24,11(16,17)18)12(19,20)21;1-8(22,10(13,14)15)6-3-2-4-7(5-6)9(23,11(16,17)18)12(19,20)21/h2-4,23-24H,1H3;2-4,23-24H,22H2,1H3;2-4,22-24H,1H3;2-5,22-23H,1H3. The van der Waals surface area contributed by atoms with E-state index in [1.807, 2.05) is 0 Å². The molecule has 0 fully saturated rings. The number of nitro groups is 1. The molecule has 97 heavy (non-hydrogen) atoms. The molecule has 49 heteroatoms. The molecule has 11 N–H and O–H groups in total. The van der Waals surface area contributed by atoms with Crippen LogP contribution in [0.4, 0.5) is 169 Å². The van der Waals surface area contributed by atoms with Crippen molar-refractivity contribution in [2.75, 3.05) is 5.73 Å². The molecule has 0 heterocycles. The van der Waals surface area contributed by atoms with Gasteiger partial charge in [-0.05, 0) is 98.5 Å². The van der Waals surface area contributed by atoms with Gasteiger partial charge in [0, 0.05) is 40.1 Å². The topological polar surface area (TPSA) is 251 Å². The maximum atomic E-state index is 12.9. The van der Waals surface area contributed by atoms with Crippen LogP contribution in [0.2, 0.25) is 0 Å². The van der Waals surface area contributed by atoms with Crippen molar-refractivity contribution < 1.29 is 209 Å². The Morgan fingerprint density at radius 1 is 0.289 bits per heavy atom. The van der Waals surface area contributed by atoms with Crippen molar-refractivity contribution in [3.63, 3.8) is 0 Å². The summed E-state index contributed by atoms with van der Waals surface area (Å²) in [6.07, 6.45) is -72.7. The summed E-state index contributed by atoms with van der Waals surface area (Å²) < 4.78 is 459. The Morgan fingerprint density at radius 3 is 0.742 bits per heavy atom. The van der Waals surface area contributed by atoms with Gasteiger partial charge in [0.2, 0.25) is 0 Å². The number of aliphatic hydroxyl groups is 8. The van der Waals surface area contributed by atoms with Crippen molar-refractivity contribution in [1.29, 1.82) is 0 Å². The summed E-state index contributed by atoms with van der Waals surface area (Å²) in [7, 11) is 0. The number of nitro benzene ring substituents is 1. The van der Waals surface area contributed by atoms with Crippen molar-refractivity contribution in [1.82, 2.24) is 0 Å². The predicted molar refractivity (Wildman–Crippen MR) is 245 cm³/mol. The molecule has 13 nitrogen and oxygen atoms in total. The zero-order chi connectivity index (χ0) is 78.1. The summed E-state index contributed by atoms with van der Waals surface area (Å²) in [6.45, 7) is 0.306. The number of non-ortho nitro benzene ring substituents is 1.